The summed E-state index contributed by atoms with van der Waals surface area (Å²) in [5, 5.41) is 20.3. The molecule has 1 amide bonds. The van der Waals surface area contributed by atoms with E-state index in [0.717, 1.165) is 0 Å². The lowest BCUT2D eigenvalue weighted by Gasteiger charge is -2.20. The predicted octanol–water partition coefficient (Wildman–Crippen LogP) is -0.342. The van der Waals surface area contributed by atoms with Crippen LogP contribution in [0.2, 0.25) is 0 Å². The lowest BCUT2D eigenvalue weighted by atomic mass is 9.95. The number of esters is 1. The molecule has 1 fully saturated rings. The van der Waals surface area contributed by atoms with Gasteiger partial charge in [-0.05, 0) is 24.1 Å². The van der Waals surface area contributed by atoms with Crippen molar-refractivity contribution >= 4 is 28.3 Å². The number of aliphatic hydroxyl groups is 2. The number of carbonyl (C=O) groups excluding carboxylic acids is 2. The minimum Gasteiger partial charge on any atom is -0.462 e. The highest BCUT2D eigenvalue weighted by Gasteiger charge is 2.43. The maximum Gasteiger partial charge on any atom is 0.362 e. The molecular weight excluding hydrogens is 482 g/mol. The van der Waals surface area contributed by atoms with Gasteiger partial charge in [0, 0.05) is 18.7 Å². The van der Waals surface area contributed by atoms with E-state index in [1.54, 1.807) is 29.1 Å². The number of rotatable bonds is 13. The molecule has 2 heterocycles. The fraction of sp³-hybridized carbons (Fsp3) is 0.591. The minimum absolute atomic E-state index is 0.0473. The number of pyridine rings is 1. The highest BCUT2D eigenvalue weighted by Crippen LogP contribution is 2.24. The van der Waals surface area contributed by atoms with Crippen LogP contribution in [0.4, 0.5) is 0 Å². The van der Waals surface area contributed by atoms with Gasteiger partial charge >= 0.3 is 16.3 Å². The van der Waals surface area contributed by atoms with Crippen molar-refractivity contribution in [2.45, 2.75) is 63.6 Å². The Morgan fingerprint density at radius 3 is 2.54 bits per heavy atom. The topological polar surface area (TPSA) is 187 Å². The Morgan fingerprint density at radius 2 is 1.91 bits per heavy atom. The van der Waals surface area contributed by atoms with E-state index in [0.29, 0.717) is 18.5 Å². The summed E-state index contributed by atoms with van der Waals surface area (Å²) in [5.41, 5.74) is 6.39. The first-order valence-corrected chi connectivity index (χ1v) is 12.7. The summed E-state index contributed by atoms with van der Waals surface area (Å²) in [6, 6.07) is 4.20. The molecule has 0 radical (unpaired) electrons. The second kappa shape index (κ2) is 13.6. The van der Waals surface area contributed by atoms with Gasteiger partial charge in [0.25, 0.3) is 5.91 Å². The van der Waals surface area contributed by atoms with Gasteiger partial charge in [-0.3, -0.25) is 14.0 Å². The molecule has 13 heteroatoms. The van der Waals surface area contributed by atoms with Crippen LogP contribution in [0.15, 0.2) is 30.5 Å². The van der Waals surface area contributed by atoms with Crippen LogP contribution in [0.3, 0.4) is 0 Å². The van der Waals surface area contributed by atoms with Gasteiger partial charge in [0.15, 0.2) is 0 Å². The second-order valence-electron chi connectivity index (χ2n) is 8.05. The van der Waals surface area contributed by atoms with E-state index in [9.17, 15) is 28.2 Å². The summed E-state index contributed by atoms with van der Waals surface area (Å²) in [7, 11) is -4.51. The predicted molar refractivity (Wildman–Crippen MR) is 125 cm³/mol. The maximum atomic E-state index is 12.1. The van der Waals surface area contributed by atoms with Crippen molar-refractivity contribution in [2.75, 3.05) is 13.2 Å². The van der Waals surface area contributed by atoms with Crippen LogP contribution < -0.4 is 10.5 Å². The summed E-state index contributed by atoms with van der Waals surface area (Å²) in [6.45, 7) is 2.92. The average molecular weight is 516 g/mol. The number of aliphatic hydroxyl groups excluding tert-OH is 2. The van der Waals surface area contributed by atoms with Gasteiger partial charge in [0.05, 0.1) is 31.1 Å². The molecule has 0 spiro atoms. The third-order valence-corrected chi connectivity index (χ3v) is 6.56. The third kappa shape index (κ3) is 8.94. The molecule has 0 bridgehead atoms. The number of amides is 1. The number of nitrogens with one attached hydrogen (secondary N) is 1. The van der Waals surface area contributed by atoms with E-state index in [2.05, 4.69) is 4.98 Å². The standard InChI is InChI=1S/C22H33N3O9S/c1-3-14(4-2)19(23)22(29)25-35(30,31)33-13-17-21(28)20(27)16(34-17)10-12-32-18(26)9-8-15-7-5-6-11-24-15/h5-9,11,14,16-17,19-21,27-28H,3-4,10,12-13,23H2,1-2H3,(H,25,29). The van der Waals surface area contributed by atoms with Crippen LogP contribution in [-0.4, -0.2) is 79.2 Å². The first-order valence-electron chi connectivity index (χ1n) is 11.3. The zero-order valence-corrected chi connectivity index (χ0v) is 20.5. The molecule has 35 heavy (non-hydrogen) atoms. The fourth-order valence-corrected chi connectivity index (χ4v) is 4.30. The molecule has 0 aromatic carbocycles. The molecule has 0 saturated carbocycles. The summed E-state index contributed by atoms with van der Waals surface area (Å²) >= 11 is 0. The van der Waals surface area contributed by atoms with Gasteiger partial charge in [-0.1, -0.05) is 32.8 Å². The molecule has 5 unspecified atom stereocenters. The summed E-state index contributed by atoms with van der Waals surface area (Å²) in [5.74, 6) is -1.72. The van der Waals surface area contributed by atoms with Crippen LogP contribution in [0.5, 0.6) is 0 Å². The van der Waals surface area contributed by atoms with Crippen LogP contribution in [0, 0.1) is 5.92 Å². The van der Waals surface area contributed by atoms with E-state index in [4.69, 9.17) is 19.4 Å². The molecule has 5 atom stereocenters. The number of ether oxygens (including phenoxy) is 2. The molecular formula is C22H33N3O9S. The van der Waals surface area contributed by atoms with Gasteiger partial charge in [0.1, 0.15) is 18.3 Å². The SMILES string of the molecule is CCC(CC)C(N)C(=O)NS(=O)(=O)OCC1OC(CCOC(=O)C=Cc2ccccn2)C(O)C1O. The van der Waals surface area contributed by atoms with Gasteiger partial charge < -0.3 is 25.4 Å². The Hall–Kier alpha value is -2.42. The molecule has 1 saturated heterocycles. The van der Waals surface area contributed by atoms with Crippen LogP contribution in [0.1, 0.15) is 38.8 Å². The zero-order valence-electron chi connectivity index (χ0n) is 19.6. The molecule has 5 N–H and O–H groups in total. The van der Waals surface area contributed by atoms with E-state index < -0.39 is 59.2 Å². The normalized spacial score (nSPS) is 23.5. The van der Waals surface area contributed by atoms with Gasteiger partial charge in [0.2, 0.25) is 0 Å². The monoisotopic (exact) mass is 515 g/mol. The quantitative estimate of drug-likeness (QED) is 0.199. The largest absolute Gasteiger partial charge is 0.462 e. The lowest BCUT2D eigenvalue weighted by Crippen LogP contribution is -2.48. The Bertz CT molecular complexity index is 954. The van der Waals surface area contributed by atoms with Crippen molar-refractivity contribution in [1.29, 1.82) is 0 Å². The highest BCUT2D eigenvalue weighted by molar-refractivity contribution is 7.85. The van der Waals surface area contributed by atoms with Crippen molar-refractivity contribution in [1.82, 2.24) is 9.71 Å². The van der Waals surface area contributed by atoms with Gasteiger partial charge in [-0.15, -0.1) is 0 Å². The number of hydrogen-bond acceptors (Lipinski definition) is 11. The molecule has 196 valence electrons. The molecule has 12 nitrogen and oxygen atoms in total. The zero-order chi connectivity index (χ0) is 26.0. The van der Waals surface area contributed by atoms with E-state index in [-0.39, 0.29) is 18.9 Å². The van der Waals surface area contributed by atoms with E-state index in [1.165, 1.54) is 12.2 Å². The third-order valence-electron chi connectivity index (χ3n) is 5.66. The summed E-state index contributed by atoms with van der Waals surface area (Å²) in [4.78, 5) is 28.0. The number of nitrogens with zero attached hydrogens (tertiary/aromatic N) is 1. The van der Waals surface area contributed by atoms with Crippen molar-refractivity contribution < 1.29 is 41.9 Å². The first-order chi connectivity index (χ1) is 16.6. The molecule has 1 aromatic heterocycles. The Kier molecular flexibility index (Phi) is 11.2. The smallest absolute Gasteiger partial charge is 0.362 e. The van der Waals surface area contributed by atoms with Gasteiger partial charge in [-0.25, -0.2) is 9.52 Å². The summed E-state index contributed by atoms with van der Waals surface area (Å²) in [6.07, 6.45) is 0.603. The van der Waals surface area contributed by atoms with Crippen molar-refractivity contribution in [3.8, 4) is 0 Å². The van der Waals surface area contributed by atoms with Crippen molar-refractivity contribution in [2.24, 2.45) is 11.7 Å². The number of hydrogen-bond donors (Lipinski definition) is 4. The first kappa shape index (κ1) is 28.8. The molecule has 2 rings (SSSR count). The number of nitrogens with two attached hydrogens (primary N) is 1. The van der Waals surface area contributed by atoms with Crippen LogP contribution >= 0.6 is 0 Å². The molecule has 1 aromatic rings. The molecule has 0 aliphatic carbocycles. The van der Waals surface area contributed by atoms with E-state index >= 15 is 0 Å². The number of carbonyl (C=O) groups is 2. The van der Waals surface area contributed by atoms with Crippen molar-refractivity contribution in [3.05, 3.63) is 36.2 Å². The Balaban J connectivity index is 1.78. The Morgan fingerprint density at radius 1 is 1.23 bits per heavy atom. The highest BCUT2D eigenvalue weighted by atomic mass is 32.2. The Labute approximate surface area is 204 Å². The summed E-state index contributed by atoms with van der Waals surface area (Å²) < 4.78 is 41.2. The van der Waals surface area contributed by atoms with Crippen LogP contribution in [-0.2, 0) is 33.6 Å². The minimum atomic E-state index is -4.51. The van der Waals surface area contributed by atoms with E-state index in [1.807, 2.05) is 13.8 Å². The fourth-order valence-electron chi connectivity index (χ4n) is 3.54. The van der Waals surface area contributed by atoms with Crippen LogP contribution in [0.25, 0.3) is 6.08 Å². The second-order valence-corrected chi connectivity index (χ2v) is 9.39. The van der Waals surface area contributed by atoms with Crippen molar-refractivity contribution in [3.63, 3.8) is 0 Å². The molecule has 1 aliphatic rings. The average Bonchev–Trinajstić information content (AvgIpc) is 3.10. The number of aromatic nitrogens is 1. The molecule has 1 aliphatic heterocycles. The maximum absolute atomic E-state index is 12.1. The lowest BCUT2D eigenvalue weighted by molar-refractivity contribution is -0.139. The van der Waals surface area contributed by atoms with Gasteiger partial charge in [-0.2, -0.15) is 8.42 Å².